The molecule has 0 radical (unpaired) electrons. The highest BCUT2D eigenvalue weighted by Gasteiger charge is 2.10. The summed E-state index contributed by atoms with van der Waals surface area (Å²) >= 11 is 17.2. The van der Waals surface area contributed by atoms with Crippen molar-refractivity contribution in [1.29, 1.82) is 0 Å². The number of halogens is 3. The van der Waals surface area contributed by atoms with E-state index in [1.807, 2.05) is 47.0 Å². The lowest BCUT2D eigenvalue weighted by Crippen LogP contribution is -1.84. The lowest BCUT2D eigenvalue weighted by molar-refractivity contribution is 1.14. The Kier molecular flexibility index (Phi) is 4.26. The maximum Gasteiger partial charge on any atom is 0.138 e. The van der Waals surface area contributed by atoms with Crippen LogP contribution in [-0.4, -0.2) is 9.38 Å². The molecule has 2 heterocycles. The summed E-state index contributed by atoms with van der Waals surface area (Å²) in [4.78, 5) is 5.76. The van der Waals surface area contributed by atoms with Crippen LogP contribution in [0.4, 0.5) is 0 Å². The molecule has 0 fully saturated rings. The van der Waals surface area contributed by atoms with Crippen LogP contribution in [-0.2, 0) is 5.75 Å². The second kappa shape index (κ2) is 5.98. The fourth-order valence-electron chi connectivity index (χ4n) is 1.81. The third kappa shape index (κ3) is 2.98. The molecule has 3 aromatic rings. The molecule has 0 saturated heterocycles. The van der Waals surface area contributed by atoms with Crippen molar-refractivity contribution in [2.24, 2.45) is 0 Å². The summed E-state index contributed by atoms with van der Waals surface area (Å²) in [6.45, 7) is 0. The van der Waals surface area contributed by atoms with Gasteiger partial charge in [0.05, 0.1) is 10.7 Å². The predicted octanol–water partition coefficient (Wildman–Crippen LogP) is 5.70. The number of fused-ring (bicyclic) bond motifs is 1. The Bertz CT molecular complexity index is 756. The van der Waals surface area contributed by atoms with E-state index < -0.39 is 0 Å². The number of hydrogen-bond acceptors (Lipinski definition) is 2. The summed E-state index contributed by atoms with van der Waals surface area (Å²) in [5.74, 6) is 0.779. The van der Waals surface area contributed by atoms with E-state index in [9.17, 15) is 0 Å². The van der Waals surface area contributed by atoms with E-state index >= 15 is 0 Å². The number of imidazole rings is 1. The molecule has 0 atom stereocenters. The third-order valence-electron chi connectivity index (χ3n) is 2.78. The van der Waals surface area contributed by atoms with Gasteiger partial charge >= 0.3 is 0 Å². The number of rotatable bonds is 3. The zero-order valence-electron chi connectivity index (χ0n) is 10.2. The molecule has 0 aliphatic carbocycles. The van der Waals surface area contributed by atoms with Gasteiger partial charge in [-0.1, -0.05) is 23.2 Å². The number of pyridine rings is 1. The number of aromatic nitrogens is 2. The maximum absolute atomic E-state index is 6.00. The topological polar surface area (TPSA) is 17.3 Å². The molecule has 0 aliphatic heterocycles. The number of hydrogen-bond donors (Lipinski definition) is 0. The van der Waals surface area contributed by atoms with Gasteiger partial charge in [0.15, 0.2) is 0 Å². The molecule has 20 heavy (non-hydrogen) atoms. The van der Waals surface area contributed by atoms with Crippen LogP contribution in [0.25, 0.3) is 5.65 Å². The van der Waals surface area contributed by atoms with Crippen molar-refractivity contribution < 1.29 is 0 Å². The van der Waals surface area contributed by atoms with Crippen molar-refractivity contribution in [1.82, 2.24) is 9.38 Å². The molecule has 0 spiro atoms. The van der Waals surface area contributed by atoms with Crippen LogP contribution in [0.5, 0.6) is 0 Å². The molecule has 0 aliphatic rings. The fourth-order valence-corrected chi connectivity index (χ4v) is 3.63. The van der Waals surface area contributed by atoms with Gasteiger partial charge in [-0.05, 0) is 52.3 Å². The molecule has 0 saturated carbocycles. The second-order valence-corrected chi connectivity index (χ2v) is 6.84. The molecule has 2 aromatic heterocycles. The van der Waals surface area contributed by atoms with E-state index in [0.29, 0.717) is 5.02 Å². The Hall–Kier alpha value is -0.680. The monoisotopic (exact) mass is 386 g/mol. The van der Waals surface area contributed by atoms with Crippen molar-refractivity contribution >= 4 is 56.5 Å². The SMILES string of the molecule is Clc1ccc(SCc2nc3ccc(Cl)cn3c2Br)cc1. The minimum Gasteiger partial charge on any atom is -0.292 e. The Morgan fingerprint density at radius 2 is 1.75 bits per heavy atom. The first-order valence-electron chi connectivity index (χ1n) is 5.84. The quantitative estimate of drug-likeness (QED) is 0.536. The van der Waals surface area contributed by atoms with E-state index in [1.165, 1.54) is 0 Å². The van der Waals surface area contributed by atoms with Gasteiger partial charge in [-0.2, -0.15) is 0 Å². The van der Waals surface area contributed by atoms with Crippen LogP contribution >= 0.6 is 50.9 Å². The Balaban J connectivity index is 1.84. The lowest BCUT2D eigenvalue weighted by atomic mass is 10.4. The highest BCUT2D eigenvalue weighted by molar-refractivity contribution is 9.10. The standard InChI is InChI=1S/C14H9BrCl2N2S/c15-14-12(8-20-11-4-1-9(16)2-5-11)18-13-6-3-10(17)7-19(13)14/h1-7H,8H2. The fraction of sp³-hybridized carbons (Fsp3) is 0.0714. The normalized spacial score (nSPS) is 11.2. The molecule has 2 nitrogen and oxygen atoms in total. The van der Waals surface area contributed by atoms with E-state index in [2.05, 4.69) is 20.9 Å². The number of thioether (sulfide) groups is 1. The van der Waals surface area contributed by atoms with Crippen molar-refractivity contribution in [2.45, 2.75) is 10.6 Å². The molecule has 1 aromatic carbocycles. The first kappa shape index (κ1) is 14.3. The molecule has 0 bridgehead atoms. The zero-order chi connectivity index (χ0) is 14.1. The van der Waals surface area contributed by atoms with E-state index in [-0.39, 0.29) is 0 Å². The van der Waals surface area contributed by atoms with Crippen molar-refractivity contribution in [3.63, 3.8) is 0 Å². The smallest absolute Gasteiger partial charge is 0.138 e. The minimum absolute atomic E-state index is 0.688. The zero-order valence-corrected chi connectivity index (χ0v) is 14.1. The van der Waals surface area contributed by atoms with Gasteiger partial charge in [0.2, 0.25) is 0 Å². The summed E-state index contributed by atoms with van der Waals surface area (Å²) < 4.78 is 2.89. The molecule has 0 amide bonds. The molecule has 6 heteroatoms. The highest BCUT2D eigenvalue weighted by atomic mass is 79.9. The van der Waals surface area contributed by atoms with Crippen molar-refractivity contribution in [3.05, 3.63) is 62.9 Å². The Morgan fingerprint density at radius 3 is 2.50 bits per heavy atom. The van der Waals surface area contributed by atoms with E-state index in [4.69, 9.17) is 23.2 Å². The number of benzene rings is 1. The van der Waals surface area contributed by atoms with Crippen molar-refractivity contribution in [3.8, 4) is 0 Å². The second-order valence-electron chi connectivity index (χ2n) is 4.17. The maximum atomic E-state index is 6.00. The van der Waals surface area contributed by atoms with Gasteiger partial charge in [-0.15, -0.1) is 11.8 Å². The average molecular weight is 388 g/mol. The average Bonchev–Trinajstić information content (AvgIpc) is 2.75. The first-order chi connectivity index (χ1) is 9.63. The van der Waals surface area contributed by atoms with Gasteiger partial charge in [0.1, 0.15) is 10.3 Å². The number of nitrogens with zero attached hydrogens (tertiary/aromatic N) is 2. The third-order valence-corrected chi connectivity index (χ3v) is 5.12. The van der Waals surface area contributed by atoms with Crippen LogP contribution in [0.1, 0.15) is 5.69 Å². The van der Waals surface area contributed by atoms with E-state index in [1.54, 1.807) is 11.8 Å². The molecular weight excluding hydrogens is 379 g/mol. The predicted molar refractivity (Wildman–Crippen MR) is 88.9 cm³/mol. The molecule has 0 unspecified atom stereocenters. The van der Waals surface area contributed by atoms with E-state index in [0.717, 1.165) is 31.6 Å². The Morgan fingerprint density at radius 1 is 1.05 bits per heavy atom. The summed E-state index contributed by atoms with van der Waals surface area (Å²) in [6.07, 6.45) is 1.85. The van der Waals surface area contributed by atoms with Crippen LogP contribution in [0.2, 0.25) is 10.0 Å². The van der Waals surface area contributed by atoms with Gasteiger partial charge in [-0.25, -0.2) is 4.98 Å². The van der Waals surface area contributed by atoms with Crippen LogP contribution in [0.3, 0.4) is 0 Å². The minimum atomic E-state index is 0.688. The van der Waals surface area contributed by atoms with Gasteiger partial charge < -0.3 is 0 Å². The largest absolute Gasteiger partial charge is 0.292 e. The Labute approximate surface area is 139 Å². The highest BCUT2D eigenvalue weighted by Crippen LogP contribution is 2.28. The summed E-state index contributed by atoms with van der Waals surface area (Å²) in [6, 6.07) is 11.5. The molecule has 0 N–H and O–H groups in total. The van der Waals surface area contributed by atoms with Gasteiger partial charge in [0, 0.05) is 21.9 Å². The van der Waals surface area contributed by atoms with Gasteiger partial charge in [-0.3, -0.25) is 4.40 Å². The molecule has 3 rings (SSSR count). The molecule has 102 valence electrons. The van der Waals surface area contributed by atoms with Crippen LogP contribution in [0, 0.1) is 0 Å². The van der Waals surface area contributed by atoms with Crippen molar-refractivity contribution in [2.75, 3.05) is 0 Å². The van der Waals surface area contributed by atoms with Gasteiger partial charge in [0.25, 0.3) is 0 Å². The molecular formula is C14H9BrCl2N2S. The van der Waals surface area contributed by atoms with Crippen LogP contribution in [0.15, 0.2) is 52.1 Å². The summed E-state index contributed by atoms with van der Waals surface area (Å²) in [5.41, 5.74) is 1.88. The summed E-state index contributed by atoms with van der Waals surface area (Å²) in [5, 5.41) is 1.44. The lowest BCUT2D eigenvalue weighted by Gasteiger charge is -2.00. The summed E-state index contributed by atoms with van der Waals surface area (Å²) in [7, 11) is 0. The first-order valence-corrected chi connectivity index (χ1v) is 8.37. The van der Waals surface area contributed by atoms with Crippen LogP contribution < -0.4 is 0 Å².